The average Bonchev–Trinajstić information content (AvgIpc) is 3.02. The van der Waals surface area contributed by atoms with Crippen molar-refractivity contribution in [1.29, 1.82) is 0 Å². The number of hydrogen-bond acceptors (Lipinski definition) is 13. The number of unbranched alkanes of at least 4 members (excludes halogenated alkanes) is 9. The van der Waals surface area contributed by atoms with Crippen LogP contribution in [0.2, 0.25) is 0 Å². The molecule has 0 unspecified atom stereocenters. The third-order valence-corrected chi connectivity index (χ3v) is 8.21. The van der Waals surface area contributed by atoms with E-state index in [2.05, 4.69) is 16.9 Å². The smallest absolute Gasteiger partial charge is 0.305 e. The lowest BCUT2D eigenvalue weighted by molar-refractivity contribution is -0.371. The second-order valence-corrected chi connectivity index (χ2v) is 11.8. The summed E-state index contributed by atoms with van der Waals surface area (Å²) in [6.07, 6.45) is 2.26. The molecule has 11 atom stereocenters. The van der Waals surface area contributed by atoms with E-state index in [0.29, 0.717) is 12.8 Å². The largest absolute Gasteiger partial charge is 0.469 e. The van der Waals surface area contributed by atoms with Gasteiger partial charge in [-0.15, -0.1) is 0 Å². The van der Waals surface area contributed by atoms with Crippen molar-refractivity contribution in [2.45, 2.75) is 158 Å². The van der Waals surface area contributed by atoms with E-state index in [1.165, 1.54) is 13.5 Å². The quantitative estimate of drug-likeness (QED) is 0.0530. The Balaban J connectivity index is 1.68. The fraction of sp³-hybridized carbons (Fsp3) is 0.903. The average molecular weight is 637 g/mol. The number of aliphatic hydroxyl groups is 7. The summed E-state index contributed by atoms with van der Waals surface area (Å²) in [4.78, 5) is 11.1. The summed E-state index contributed by atoms with van der Waals surface area (Å²) in [5.41, 5.74) is 0. The maximum Gasteiger partial charge on any atom is 0.305 e. The normalized spacial score (nSPS) is 33.5. The van der Waals surface area contributed by atoms with Crippen molar-refractivity contribution in [2.24, 2.45) is 0 Å². The second kappa shape index (κ2) is 21.5. The van der Waals surface area contributed by atoms with E-state index in [1.807, 2.05) is 6.92 Å². The summed E-state index contributed by atoms with van der Waals surface area (Å²) in [7, 11) is 1.42. The number of ether oxygens (including phenoxy) is 5. The molecule has 0 aromatic carbocycles. The van der Waals surface area contributed by atoms with E-state index in [0.717, 1.165) is 64.2 Å². The molecule has 0 aromatic heterocycles. The van der Waals surface area contributed by atoms with E-state index in [9.17, 15) is 40.5 Å². The summed E-state index contributed by atoms with van der Waals surface area (Å²) in [5, 5.41) is 70.7. The molecule has 7 N–H and O–H groups in total. The van der Waals surface area contributed by atoms with Gasteiger partial charge in [-0.05, 0) is 45.4 Å². The molecule has 13 nitrogen and oxygen atoms in total. The Morgan fingerprint density at radius 1 is 0.705 bits per heavy atom. The first kappa shape index (κ1) is 39.0. The molecule has 2 rings (SSSR count). The first-order chi connectivity index (χ1) is 21.1. The van der Waals surface area contributed by atoms with Gasteiger partial charge in [0.2, 0.25) is 0 Å². The monoisotopic (exact) mass is 636 g/mol. The van der Waals surface area contributed by atoms with Crippen LogP contribution < -0.4 is 0 Å². The molecule has 0 aliphatic carbocycles. The standard InChI is InChI=1S/C31H56O13/c1-20(16-14-12-10-8-6-4-3-5-7-9-11-13-15-17-23(34)40-2)41-31-29(27(38)25(36)22(19-33)43-31)44-30-28(39)26(37)24(35)21(18-32)42-30/h3-4,20-22,24-33,35-39H,5-19H2,1-2H3/b4-3-/t20-,21-,22-,24-,25-,26+,27+,28-,29-,30+,31-/m1/s1. The molecule has 0 spiro atoms. The van der Waals surface area contributed by atoms with Gasteiger partial charge < -0.3 is 59.4 Å². The van der Waals surface area contributed by atoms with Crippen LogP contribution in [0.3, 0.4) is 0 Å². The van der Waals surface area contributed by atoms with Crippen LogP contribution in [0.5, 0.6) is 0 Å². The molecule has 0 saturated carbocycles. The molecular formula is C31H56O13. The van der Waals surface area contributed by atoms with Crippen LogP contribution in [0.25, 0.3) is 0 Å². The van der Waals surface area contributed by atoms with E-state index in [4.69, 9.17) is 18.9 Å². The van der Waals surface area contributed by atoms with E-state index in [1.54, 1.807) is 0 Å². The van der Waals surface area contributed by atoms with Gasteiger partial charge in [0, 0.05) is 6.42 Å². The van der Waals surface area contributed by atoms with Crippen molar-refractivity contribution >= 4 is 5.97 Å². The fourth-order valence-electron chi connectivity index (χ4n) is 5.39. The van der Waals surface area contributed by atoms with E-state index < -0.39 is 74.6 Å². The maximum absolute atomic E-state index is 11.1. The molecule has 2 fully saturated rings. The van der Waals surface area contributed by atoms with Crippen molar-refractivity contribution < 1.29 is 64.2 Å². The number of allylic oxidation sites excluding steroid dienone is 2. The van der Waals surface area contributed by atoms with Crippen molar-refractivity contribution in [1.82, 2.24) is 0 Å². The molecule has 44 heavy (non-hydrogen) atoms. The molecule has 0 aromatic rings. The van der Waals surface area contributed by atoms with Gasteiger partial charge in [-0.2, -0.15) is 0 Å². The predicted octanol–water partition coefficient (Wildman–Crippen LogP) is 0.816. The highest BCUT2D eigenvalue weighted by molar-refractivity contribution is 5.68. The van der Waals surface area contributed by atoms with Crippen LogP contribution in [-0.2, 0) is 28.5 Å². The van der Waals surface area contributed by atoms with Gasteiger partial charge in [0.25, 0.3) is 0 Å². The highest BCUT2D eigenvalue weighted by Gasteiger charge is 2.51. The highest BCUT2D eigenvalue weighted by atomic mass is 16.8. The van der Waals surface area contributed by atoms with Crippen LogP contribution in [-0.4, -0.2) is 130 Å². The molecule has 0 radical (unpaired) electrons. The Labute approximate surface area is 260 Å². The molecule has 258 valence electrons. The SMILES string of the molecule is COC(=O)CCCCCCC/C=C\CCCCCC[C@@H](C)O[C@@H]1O[C@H](CO)[C@@H](O)[C@H](O)[C@H]1O[C@@H]1O[C@H](CO)[C@@H](O)[C@H](O)[C@H]1O. The number of methoxy groups -OCH3 is 1. The Morgan fingerprint density at radius 2 is 1.23 bits per heavy atom. The van der Waals surface area contributed by atoms with E-state index in [-0.39, 0.29) is 12.1 Å². The Kier molecular flexibility index (Phi) is 19.1. The van der Waals surface area contributed by atoms with Gasteiger partial charge in [-0.25, -0.2) is 0 Å². The molecule has 0 bridgehead atoms. The molecule has 2 aliphatic rings. The van der Waals surface area contributed by atoms with Crippen LogP contribution in [0.15, 0.2) is 12.2 Å². The Bertz CT molecular complexity index is 797. The van der Waals surface area contributed by atoms with Gasteiger partial charge in [0.1, 0.15) is 48.8 Å². The number of carbonyl (C=O) groups is 1. The zero-order chi connectivity index (χ0) is 32.5. The molecular weight excluding hydrogens is 580 g/mol. The van der Waals surface area contributed by atoms with Crippen LogP contribution in [0.1, 0.15) is 90.4 Å². The Hall–Kier alpha value is -1.23. The predicted molar refractivity (Wildman–Crippen MR) is 158 cm³/mol. The van der Waals surface area contributed by atoms with E-state index >= 15 is 0 Å². The minimum Gasteiger partial charge on any atom is -0.469 e. The summed E-state index contributed by atoms with van der Waals surface area (Å²) >= 11 is 0. The first-order valence-corrected chi connectivity index (χ1v) is 16.1. The summed E-state index contributed by atoms with van der Waals surface area (Å²) in [6, 6.07) is 0. The van der Waals surface area contributed by atoms with Crippen LogP contribution >= 0.6 is 0 Å². The van der Waals surface area contributed by atoms with Crippen LogP contribution in [0, 0.1) is 0 Å². The second-order valence-electron chi connectivity index (χ2n) is 11.8. The fourth-order valence-corrected chi connectivity index (χ4v) is 5.39. The van der Waals surface area contributed by atoms with Gasteiger partial charge in [-0.1, -0.05) is 50.7 Å². The van der Waals surface area contributed by atoms with Crippen molar-refractivity contribution in [2.75, 3.05) is 20.3 Å². The maximum atomic E-state index is 11.1. The summed E-state index contributed by atoms with van der Waals surface area (Å²) < 4.78 is 27.4. The first-order valence-electron chi connectivity index (χ1n) is 16.1. The lowest BCUT2D eigenvalue weighted by Crippen LogP contribution is -2.64. The number of esters is 1. The molecule has 2 aliphatic heterocycles. The molecule has 13 heteroatoms. The summed E-state index contributed by atoms with van der Waals surface area (Å²) in [5.74, 6) is -0.139. The third kappa shape index (κ3) is 12.9. The van der Waals surface area contributed by atoms with Crippen molar-refractivity contribution in [3.05, 3.63) is 12.2 Å². The number of rotatable bonds is 21. The van der Waals surface area contributed by atoms with Gasteiger partial charge >= 0.3 is 5.97 Å². The molecule has 2 heterocycles. The number of aliphatic hydroxyl groups excluding tert-OH is 7. The zero-order valence-corrected chi connectivity index (χ0v) is 26.2. The lowest BCUT2D eigenvalue weighted by atomic mass is 9.97. The minimum absolute atomic E-state index is 0.139. The lowest BCUT2D eigenvalue weighted by Gasteiger charge is -2.46. The molecule has 0 amide bonds. The topological polar surface area (TPSA) is 205 Å². The van der Waals surface area contributed by atoms with Crippen molar-refractivity contribution in [3.63, 3.8) is 0 Å². The minimum atomic E-state index is -1.71. The van der Waals surface area contributed by atoms with Crippen LogP contribution in [0.4, 0.5) is 0 Å². The third-order valence-electron chi connectivity index (χ3n) is 8.21. The van der Waals surface area contributed by atoms with Gasteiger partial charge in [0.05, 0.1) is 26.4 Å². The summed E-state index contributed by atoms with van der Waals surface area (Å²) in [6.45, 7) is 0.604. The highest BCUT2D eigenvalue weighted by Crippen LogP contribution is 2.30. The van der Waals surface area contributed by atoms with Crippen molar-refractivity contribution in [3.8, 4) is 0 Å². The molecule has 2 saturated heterocycles. The van der Waals surface area contributed by atoms with Gasteiger partial charge in [-0.3, -0.25) is 4.79 Å². The zero-order valence-electron chi connectivity index (χ0n) is 26.2. The number of carbonyl (C=O) groups excluding carboxylic acids is 1. The number of hydrogen-bond donors (Lipinski definition) is 7. The van der Waals surface area contributed by atoms with Gasteiger partial charge in [0.15, 0.2) is 12.6 Å². The Morgan fingerprint density at radius 3 is 1.82 bits per heavy atom.